The molecule has 2 aromatic rings. The standard InChI is InChI=1S/C17H14Cl2F4N2O2/c1-16(27,17(21,22)23)10-6-12(18)14(13(19)7-10)25-15(26)24-8-9-2-4-11(20)5-3-9/h2-7,27H,8H2,1H3,(H2,24,25,26). The van der Waals surface area contributed by atoms with Crippen LogP contribution in [0, 0.1) is 5.82 Å². The summed E-state index contributed by atoms with van der Waals surface area (Å²) in [6.45, 7) is 0.639. The third-order valence-electron chi connectivity index (χ3n) is 3.76. The van der Waals surface area contributed by atoms with Crippen molar-refractivity contribution >= 4 is 34.9 Å². The summed E-state index contributed by atoms with van der Waals surface area (Å²) in [5.41, 5.74) is -3.22. The van der Waals surface area contributed by atoms with E-state index in [1.165, 1.54) is 24.3 Å². The maximum atomic E-state index is 12.9. The Hall–Kier alpha value is -2.03. The number of alkyl halides is 3. The summed E-state index contributed by atoms with van der Waals surface area (Å²) in [4.78, 5) is 12.0. The van der Waals surface area contributed by atoms with Crippen molar-refractivity contribution in [2.75, 3.05) is 5.32 Å². The van der Waals surface area contributed by atoms with Crippen LogP contribution < -0.4 is 10.6 Å². The predicted octanol–water partition coefficient (Wildman–Crippen LogP) is 5.22. The Morgan fingerprint density at radius 1 is 1.11 bits per heavy atom. The van der Waals surface area contributed by atoms with Crippen LogP contribution in [0.25, 0.3) is 0 Å². The lowest BCUT2D eigenvalue weighted by Gasteiger charge is -2.27. The third-order valence-corrected chi connectivity index (χ3v) is 4.36. The normalized spacial score (nSPS) is 13.8. The van der Waals surface area contributed by atoms with Crippen LogP contribution in [0.3, 0.4) is 0 Å². The van der Waals surface area contributed by atoms with Gasteiger partial charge in [0, 0.05) is 6.54 Å². The lowest BCUT2D eigenvalue weighted by molar-refractivity contribution is -0.258. The molecule has 2 amide bonds. The molecule has 0 saturated heterocycles. The van der Waals surface area contributed by atoms with Crippen molar-refractivity contribution in [1.82, 2.24) is 5.32 Å². The van der Waals surface area contributed by atoms with Crippen LogP contribution in [-0.4, -0.2) is 17.3 Å². The van der Waals surface area contributed by atoms with E-state index in [0.717, 1.165) is 12.1 Å². The van der Waals surface area contributed by atoms with Gasteiger partial charge in [-0.3, -0.25) is 0 Å². The van der Waals surface area contributed by atoms with E-state index in [0.29, 0.717) is 12.5 Å². The van der Waals surface area contributed by atoms with E-state index in [-0.39, 0.29) is 22.3 Å². The van der Waals surface area contributed by atoms with Crippen LogP contribution in [0.5, 0.6) is 0 Å². The van der Waals surface area contributed by atoms with E-state index >= 15 is 0 Å². The number of anilines is 1. The molecule has 0 saturated carbocycles. The average molecular weight is 425 g/mol. The minimum absolute atomic E-state index is 0.0716. The van der Waals surface area contributed by atoms with E-state index in [9.17, 15) is 27.5 Å². The number of carbonyl (C=O) groups excluding carboxylic acids is 1. The number of hydrogen-bond donors (Lipinski definition) is 3. The monoisotopic (exact) mass is 424 g/mol. The molecule has 146 valence electrons. The number of carbonyl (C=O) groups is 1. The lowest BCUT2D eigenvalue weighted by Crippen LogP contribution is -2.39. The zero-order valence-corrected chi connectivity index (χ0v) is 15.3. The second kappa shape index (κ2) is 7.92. The van der Waals surface area contributed by atoms with Crippen LogP contribution in [-0.2, 0) is 12.1 Å². The summed E-state index contributed by atoms with van der Waals surface area (Å²) in [5, 5.41) is 13.9. The summed E-state index contributed by atoms with van der Waals surface area (Å²) in [6, 6.07) is 6.43. The Morgan fingerprint density at radius 2 is 1.63 bits per heavy atom. The van der Waals surface area contributed by atoms with Crippen molar-refractivity contribution in [2.45, 2.75) is 25.2 Å². The summed E-state index contributed by atoms with van der Waals surface area (Å²) < 4.78 is 51.7. The lowest BCUT2D eigenvalue weighted by atomic mass is 9.95. The highest BCUT2D eigenvalue weighted by Crippen LogP contribution is 2.42. The minimum atomic E-state index is -4.94. The third kappa shape index (κ3) is 5.03. The van der Waals surface area contributed by atoms with Gasteiger partial charge in [0.15, 0.2) is 5.60 Å². The topological polar surface area (TPSA) is 61.4 Å². The first kappa shape index (κ1) is 21.3. The fourth-order valence-corrected chi connectivity index (χ4v) is 2.66. The SMILES string of the molecule is CC(O)(c1cc(Cl)c(NC(=O)NCc2ccc(F)cc2)c(Cl)c1)C(F)(F)F. The van der Waals surface area contributed by atoms with E-state index < -0.39 is 29.2 Å². The maximum Gasteiger partial charge on any atom is 0.421 e. The van der Waals surface area contributed by atoms with Gasteiger partial charge in [-0.15, -0.1) is 0 Å². The Balaban J connectivity index is 2.12. The fourth-order valence-electron chi connectivity index (χ4n) is 2.08. The number of urea groups is 1. The van der Waals surface area contributed by atoms with Gasteiger partial charge < -0.3 is 15.7 Å². The van der Waals surface area contributed by atoms with Gasteiger partial charge in [-0.05, 0) is 42.3 Å². The molecule has 0 radical (unpaired) electrons. The Kier molecular flexibility index (Phi) is 6.24. The highest BCUT2D eigenvalue weighted by molar-refractivity contribution is 6.39. The summed E-state index contributed by atoms with van der Waals surface area (Å²) >= 11 is 11.8. The van der Waals surface area contributed by atoms with E-state index in [1.807, 2.05) is 0 Å². The number of nitrogens with one attached hydrogen (secondary N) is 2. The van der Waals surface area contributed by atoms with Gasteiger partial charge in [-0.25, -0.2) is 9.18 Å². The van der Waals surface area contributed by atoms with Crippen molar-refractivity contribution in [3.63, 3.8) is 0 Å². The molecule has 2 rings (SSSR count). The second-order valence-corrected chi connectivity index (χ2v) is 6.63. The fraction of sp³-hybridized carbons (Fsp3) is 0.235. The van der Waals surface area contributed by atoms with Gasteiger partial charge in [0.1, 0.15) is 5.82 Å². The van der Waals surface area contributed by atoms with E-state index in [2.05, 4.69) is 10.6 Å². The molecule has 0 bridgehead atoms. The van der Waals surface area contributed by atoms with Crippen LogP contribution in [0.1, 0.15) is 18.1 Å². The Morgan fingerprint density at radius 3 is 2.11 bits per heavy atom. The molecule has 1 unspecified atom stereocenters. The molecule has 0 aromatic heterocycles. The van der Waals surface area contributed by atoms with Crippen molar-refractivity contribution in [3.05, 3.63) is 63.4 Å². The van der Waals surface area contributed by atoms with Crippen molar-refractivity contribution in [2.24, 2.45) is 0 Å². The molecular formula is C17H14Cl2F4N2O2. The number of aliphatic hydroxyl groups is 1. The van der Waals surface area contributed by atoms with Gasteiger partial charge in [0.05, 0.1) is 15.7 Å². The summed E-state index contributed by atoms with van der Waals surface area (Å²) in [5.74, 6) is -0.420. The van der Waals surface area contributed by atoms with Crippen molar-refractivity contribution < 1.29 is 27.5 Å². The molecule has 0 aliphatic rings. The average Bonchev–Trinajstić information content (AvgIpc) is 2.56. The molecule has 0 spiro atoms. The van der Waals surface area contributed by atoms with Crippen LogP contribution in [0.4, 0.5) is 28.0 Å². The highest BCUT2D eigenvalue weighted by Gasteiger charge is 2.51. The molecule has 27 heavy (non-hydrogen) atoms. The largest absolute Gasteiger partial charge is 0.421 e. The smallest absolute Gasteiger partial charge is 0.376 e. The number of benzene rings is 2. The van der Waals surface area contributed by atoms with Gasteiger partial charge in [-0.1, -0.05) is 35.3 Å². The maximum absolute atomic E-state index is 12.9. The van der Waals surface area contributed by atoms with Gasteiger partial charge in [-0.2, -0.15) is 13.2 Å². The molecule has 10 heteroatoms. The quantitative estimate of drug-likeness (QED) is 0.588. The van der Waals surface area contributed by atoms with Gasteiger partial charge in [0.25, 0.3) is 0 Å². The molecule has 3 N–H and O–H groups in total. The molecule has 1 atom stereocenters. The van der Waals surface area contributed by atoms with Gasteiger partial charge in [0.2, 0.25) is 0 Å². The molecular weight excluding hydrogens is 411 g/mol. The highest BCUT2D eigenvalue weighted by atomic mass is 35.5. The van der Waals surface area contributed by atoms with Crippen molar-refractivity contribution in [3.8, 4) is 0 Å². The summed E-state index contributed by atoms with van der Waals surface area (Å²) in [6.07, 6.45) is -4.94. The molecule has 0 heterocycles. The first-order chi connectivity index (χ1) is 12.4. The first-order valence-corrected chi connectivity index (χ1v) is 8.25. The number of amides is 2. The molecule has 0 aliphatic carbocycles. The van der Waals surface area contributed by atoms with Crippen LogP contribution >= 0.6 is 23.2 Å². The zero-order chi connectivity index (χ0) is 20.4. The number of rotatable bonds is 4. The second-order valence-electron chi connectivity index (χ2n) is 5.82. The van der Waals surface area contributed by atoms with E-state index in [4.69, 9.17) is 23.2 Å². The molecule has 0 aliphatic heterocycles. The van der Waals surface area contributed by atoms with E-state index in [1.54, 1.807) is 0 Å². The summed E-state index contributed by atoms with van der Waals surface area (Å²) in [7, 11) is 0. The zero-order valence-electron chi connectivity index (χ0n) is 13.8. The minimum Gasteiger partial charge on any atom is -0.376 e. The Bertz CT molecular complexity index is 817. The predicted molar refractivity (Wildman–Crippen MR) is 94.3 cm³/mol. The van der Waals surface area contributed by atoms with Crippen LogP contribution in [0.2, 0.25) is 10.0 Å². The molecule has 4 nitrogen and oxygen atoms in total. The first-order valence-electron chi connectivity index (χ1n) is 7.49. The molecule has 2 aromatic carbocycles. The number of hydrogen-bond acceptors (Lipinski definition) is 2. The van der Waals surface area contributed by atoms with Crippen LogP contribution in [0.15, 0.2) is 36.4 Å². The van der Waals surface area contributed by atoms with Gasteiger partial charge >= 0.3 is 12.2 Å². The number of halogens is 6. The Labute approximate surface area is 162 Å². The van der Waals surface area contributed by atoms with Crippen molar-refractivity contribution in [1.29, 1.82) is 0 Å². The molecule has 0 fully saturated rings.